The summed E-state index contributed by atoms with van der Waals surface area (Å²) in [5.41, 5.74) is 4.90. The molecule has 110 valence electrons. The number of alkyl halides is 3. The molecule has 2 N–H and O–H groups in total. The van der Waals surface area contributed by atoms with Gasteiger partial charge in [-0.25, -0.2) is 12.7 Å². The second-order valence-electron chi connectivity index (χ2n) is 4.31. The second-order valence-corrected chi connectivity index (χ2v) is 6.14. The summed E-state index contributed by atoms with van der Waals surface area (Å²) in [5, 5.41) is 0. The van der Waals surface area contributed by atoms with Gasteiger partial charge in [0.1, 0.15) is 4.90 Å². The molecule has 0 aliphatic carbocycles. The average molecular weight is 308 g/mol. The highest BCUT2D eigenvalue weighted by Crippen LogP contribution is 2.33. The first-order valence-electron chi connectivity index (χ1n) is 5.62. The first-order valence-corrected chi connectivity index (χ1v) is 7.06. The summed E-state index contributed by atoms with van der Waals surface area (Å²) in [7, 11) is -4.23. The Labute approximate surface area is 113 Å². The molecule has 1 aliphatic rings. The van der Waals surface area contributed by atoms with Crippen molar-refractivity contribution >= 4 is 15.9 Å². The topological polar surface area (TPSA) is 80.5 Å². The normalized spacial score (nSPS) is 19.0. The zero-order chi connectivity index (χ0) is 15.1. The van der Waals surface area contributed by atoms with Crippen molar-refractivity contribution in [3.05, 3.63) is 29.8 Å². The van der Waals surface area contributed by atoms with E-state index in [2.05, 4.69) is 0 Å². The summed E-state index contributed by atoms with van der Waals surface area (Å²) in [6.45, 7) is -1.80. The number of nitrogens with two attached hydrogens (primary N) is 1. The Balaban J connectivity index is 2.39. The van der Waals surface area contributed by atoms with Crippen molar-refractivity contribution in [3.63, 3.8) is 0 Å². The first kappa shape index (κ1) is 14.8. The lowest BCUT2D eigenvalue weighted by atomic mass is 10.1. The molecule has 1 aliphatic heterocycles. The molecule has 20 heavy (non-hydrogen) atoms. The summed E-state index contributed by atoms with van der Waals surface area (Å²) >= 11 is 0. The van der Waals surface area contributed by atoms with E-state index in [1.54, 1.807) is 0 Å². The number of hydrogen-bond donors (Lipinski definition) is 1. The number of fused-ring (bicyclic) bond motifs is 1. The van der Waals surface area contributed by atoms with Crippen molar-refractivity contribution in [2.24, 2.45) is 11.7 Å². The van der Waals surface area contributed by atoms with Crippen LogP contribution in [0.25, 0.3) is 0 Å². The quantitative estimate of drug-likeness (QED) is 0.902. The monoisotopic (exact) mass is 308 g/mol. The van der Waals surface area contributed by atoms with Crippen LogP contribution in [0.15, 0.2) is 29.2 Å². The van der Waals surface area contributed by atoms with E-state index in [0.717, 1.165) is 0 Å². The van der Waals surface area contributed by atoms with Gasteiger partial charge in [0.2, 0.25) is 0 Å². The highest BCUT2D eigenvalue weighted by molar-refractivity contribution is 7.90. The molecule has 0 spiro atoms. The molecule has 0 bridgehead atoms. The maximum Gasteiger partial charge on any atom is 0.394 e. The zero-order valence-corrected chi connectivity index (χ0v) is 10.9. The maximum atomic E-state index is 12.7. The number of carbonyl (C=O) groups excluding carboxylic acids is 1. The van der Waals surface area contributed by atoms with Crippen LogP contribution in [-0.4, -0.2) is 37.9 Å². The number of halogens is 3. The predicted molar refractivity (Wildman–Crippen MR) is 63.3 cm³/mol. The predicted octanol–water partition coefficient (Wildman–Crippen LogP) is 0.968. The van der Waals surface area contributed by atoms with Crippen LogP contribution in [0.2, 0.25) is 0 Å². The lowest BCUT2D eigenvalue weighted by molar-refractivity contribution is -0.172. The maximum absolute atomic E-state index is 12.7. The van der Waals surface area contributed by atoms with Gasteiger partial charge in [0.15, 0.2) is 0 Å². The summed E-state index contributed by atoms with van der Waals surface area (Å²) in [4.78, 5) is 11.7. The van der Waals surface area contributed by atoms with E-state index in [9.17, 15) is 26.4 Å². The van der Waals surface area contributed by atoms with Crippen LogP contribution < -0.4 is 5.73 Å². The second kappa shape index (κ2) is 4.74. The third-order valence-electron chi connectivity index (χ3n) is 3.05. The van der Waals surface area contributed by atoms with Crippen molar-refractivity contribution in [1.82, 2.24) is 4.31 Å². The molecule has 1 atom stereocenters. The molecule has 1 heterocycles. The molecule has 5 nitrogen and oxygen atoms in total. The molecular formula is C11H11F3N2O3S. The number of amides is 1. The third kappa shape index (κ3) is 2.27. The summed E-state index contributed by atoms with van der Waals surface area (Å²) < 4.78 is 62.4. The highest BCUT2D eigenvalue weighted by Gasteiger charge is 2.47. The Morgan fingerprint density at radius 3 is 2.35 bits per heavy atom. The van der Waals surface area contributed by atoms with Crippen LogP contribution >= 0.6 is 0 Å². The third-order valence-corrected chi connectivity index (χ3v) is 4.85. The van der Waals surface area contributed by atoms with Gasteiger partial charge in [-0.1, -0.05) is 12.1 Å². The summed E-state index contributed by atoms with van der Waals surface area (Å²) in [6, 6.07) is 5.30. The lowest BCUT2D eigenvalue weighted by Gasteiger charge is -2.23. The van der Waals surface area contributed by atoms with E-state index < -0.39 is 41.1 Å². The Hall–Kier alpha value is -1.61. The Morgan fingerprint density at radius 2 is 1.85 bits per heavy atom. The van der Waals surface area contributed by atoms with Gasteiger partial charge in [0.25, 0.3) is 15.9 Å². The van der Waals surface area contributed by atoms with Crippen LogP contribution in [-0.2, 0) is 10.0 Å². The number of benzene rings is 1. The first-order chi connectivity index (χ1) is 9.19. The van der Waals surface area contributed by atoms with E-state index in [0.29, 0.717) is 0 Å². The number of rotatable bonds is 3. The molecule has 0 radical (unpaired) electrons. The lowest BCUT2D eigenvalue weighted by Crippen LogP contribution is -2.43. The van der Waals surface area contributed by atoms with Crippen LogP contribution in [0, 0.1) is 5.92 Å². The van der Waals surface area contributed by atoms with Gasteiger partial charge in [-0.15, -0.1) is 0 Å². The van der Waals surface area contributed by atoms with E-state index in [-0.39, 0.29) is 14.8 Å². The van der Waals surface area contributed by atoms with Crippen LogP contribution in [0.1, 0.15) is 10.4 Å². The Bertz CT molecular complexity index is 643. The van der Waals surface area contributed by atoms with Gasteiger partial charge in [-0.05, 0) is 12.1 Å². The Morgan fingerprint density at radius 1 is 1.25 bits per heavy atom. The Kier molecular flexibility index (Phi) is 3.51. The molecule has 0 saturated heterocycles. The molecular weight excluding hydrogens is 297 g/mol. The van der Waals surface area contributed by atoms with Gasteiger partial charge in [-0.2, -0.15) is 13.2 Å². The minimum atomic E-state index is -4.67. The minimum Gasteiger partial charge on any atom is -0.330 e. The van der Waals surface area contributed by atoms with E-state index in [1.807, 2.05) is 0 Å². The molecule has 1 aromatic rings. The van der Waals surface area contributed by atoms with E-state index in [1.165, 1.54) is 24.3 Å². The average Bonchev–Trinajstić information content (AvgIpc) is 2.55. The molecule has 1 unspecified atom stereocenters. The van der Waals surface area contributed by atoms with Crippen LogP contribution in [0.5, 0.6) is 0 Å². The smallest absolute Gasteiger partial charge is 0.330 e. The van der Waals surface area contributed by atoms with Crippen molar-refractivity contribution in [1.29, 1.82) is 0 Å². The van der Waals surface area contributed by atoms with Crippen molar-refractivity contribution in [3.8, 4) is 0 Å². The number of carbonyl (C=O) groups is 1. The van der Waals surface area contributed by atoms with E-state index >= 15 is 0 Å². The van der Waals surface area contributed by atoms with Crippen molar-refractivity contribution < 1.29 is 26.4 Å². The SMILES string of the molecule is NCC(CN1C(=O)c2ccccc2S1(=O)=O)C(F)(F)F. The minimum absolute atomic E-state index is 0.120. The molecule has 9 heteroatoms. The van der Waals surface area contributed by atoms with Crippen LogP contribution in [0.3, 0.4) is 0 Å². The number of nitrogens with zero attached hydrogens (tertiary/aromatic N) is 1. The fourth-order valence-corrected chi connectivity index (χ4v) is 3.54. The molecule has 1 amide bonds. The van der Waals surface area contributed by atoms with Gasteiger partial charge in [0, 0.05) is 6.54 Å². The van der Waals surface area contributed by atoms with Gasteiger partial charge < -0.3 is 5.73 Å². The summed E-state index contributed by atoms with van der Waals surface area (Å²) in [6.07, 6.45) is -4.67. The summed E-state index contributed by atoms with van der Waals surface area (Å²) in [5.74, 6) is -3.04. The van der Waals surface area contributed by atoms with Crippen LogP contribution in [0.4, 0.5) is 13.2 Å². The fraction of sp³-hybridized carbons (Fsp3) is 0.364. The zero-order valence-electron chi connectivity index (χ0n) is 10.1. The highest BCUT2D eigenvalue weighted by atomic mass is 32.2. The molecule has 2 rings (SSSR count). The molecule has 0 saturated carbocycles. The van der Waals surface area contributed by atoms with Gasteiger partial charge in [-0.3, -0.25) is 4.79 Å². The van der Waals surface area contributed by atoms with Crippen molar-refractivity contribution in [2.75, 3.05) is 13.1 Å². The molecule has 0 fully saturated rings. The standard InChI is InChI=1S/C11H11F3N2O3S/c12-11(13,14)7(5-15)6-16-10(17)8-3-1-2-4-9(8)20(16,18)19/h1-4,7H,5-6,15H2. The largest absolute Gasteiger partial charge is 0.394 e. The fourth-order valence-electron chi connectivity index (χ4n) is 1.92. The number of sulfonamides is 1. The molecule has 1 aromatic carbocycles. The number of hydrogen-bond acceptors (Lipinski definition) is 4. The molecule has 0 aromatic heterocycles. The van der Waals surface area contributed by atoms with E-state index in [4.69, 9.17) is 5.73 Å². The van der Waals surface area contributed by atoms with Gasteiger partial charge in [0.05, 0.1) is 18.0 Å². The van der Waals surface area contributed by atoms with Gasteiger partial charge >= 0.3 is 6.18 Å². The van der Waals surface area contributed by atoms with Crippen molar-refractivity contribution in [2.45, 2.75) is 11.1 Å².